The van der Waals surface area contributed by atoms with Crippen molar-refractivity contribution >= 4 is 21.4 Å². The van der Waals surface area contributed by atoms with Gasteiger partial charge in [-0.25, -0.2) is 0 Å². The van der Waals surface area contributed by atoms with E-state index >= 15 is 0 Å². The summed E-state index contributed by atoms with van der Waals surface area (Å²) in [5.74, 6) is 0. The van der Waals surface area contributed by atoms with E-state index < -0.39 is 21.4 Å². The first-order chi connectivity index (χ1) is 9.67. The standard InChI is InChI=1S/C8H18N.C6H14N.C3H7.In/c1-4-7-9(6-3)8-5-2;1-4-6-7(3)5-2;1-3-2;/h1,4-8H2,2-3H3;1,4-6H2,2-3H3;1,3H2,2H3;. The van der Waals surface area contributed by atoms with Gasteiger partial charge < -0.3 is 0 Å². The molecule has 20 heavy (non-hydrogen) atoms. The summed E-state index contributed by atoms with van der Waals surface area (Å²) < 4.78 is 4.92. The van der Waals surface area contributed by atoms with E-state index in [2.05, 4.69) is 44.5 Å². The van der Waals surface area contributed by atoms with Crippen LogP contribution in [0.5, 0.6) is 0 Å². The molecule has 2 nitrogen and oxygen atoms in total. The Morgan fingerprint density at radius 3 is 1.85 bits per heavy atom. The van der Waals surface area contributed by atoms with E-state index in [4.69, 9.17) is 0 Å². The fourth-order valence-corrected chi connectivity index (χ4v) is 12.1. The number of rotatable bonds is 14. The van der Waals surface area contributed by atoms with Crippen molar-refractivity contribution in [2.45, 2.75) is 65.9 Å². The van der Waals surface area contributed by atoms with Gasteiger partial charge in [-0.15, -0.1) is 0 Å². The molecule has 120 valence electrons. The van der Waals surface area contributed by atoms with Crippen molar-refractivity contribution in [2.75, 3.05) is 39.8 Å². The molecule has 0 aromatic carbocycles. The Labute approximate surface area is 136 Å². The Balaban J connectivity index is 3.83. The molecular weight excluding hydrogens is 347 g/mol. The van der Waals surface area contributed by atoms with Gasteiger partial charge in [-0.1, -0.05) is 0 Å². The Hall–Kier alpha value is 0.790. The van der Waals surface area contributed by atoms with Gasteiger partial charge in [0, 0.05) is 0 Å². The van der Waals surface area contributed by atoms with E-state index in [1.807, 2.05) is 0 Å². The van der Waals surface area contributed by atoms with Crippen LogP contribution in [0.3, 0.4) is 0 Å². The second-order valence-electron chi connectivity index (χ2n) is 6.27. The van der Waals surface area contributed by atoms with Gasteiger partial charge in [0.15, 0.2) is 0 Å². The molecule has 0 aliphatic carbocycles. The molecule has 0 heterocycles. The molecule has 0 rings (SSSR count). The van der Waals surface area contributed by atoms with E-state index in [0.29, 0.717) is 0 Å². The van der Waals surface area contributed by atoms with E-state index in [9.17, 15) is 0 Å². The van der Waals surface area contributed by atoms with Crippen molar-refractivity contribution < 1.29 is 0 Å². The Morgan fingerprint density at radius 2 is 1.35 bits per heavy atom. The maximum absolute atomic E-state index is 2.64. The number of hydrogen-bond donors (Lipinski definition) is 0. The van der Waals surface area contributed by atoms with Crippen LogP contribution in [0, 0.1) is 0 Å². The van der Waals surface area contributed by atoms with Crippen LogP contribution in [0.2, 0.25) is 12.5 Å². The predicted molar refractivity (Wildman–Crippen MR) is 95.3 cm³/mol. The predicted octanol–water partition coefficient (Wildman–Crippen LogP) is 4.36. The minimum absolute atomic E-state index is 1.17. The van der Waals surface area contributed by atoms with Crippen LogP contribution in [0.1, 0.15) is 53.4 Å². The average molecular weight is 386 g/mol. The molecule has 0 amide bonds. The summed E-state index contributed by atoms with van der Waals surface area (Å²) in [7, 11) is 2.26. The van der Waals surface area contributed by atoms with Crippen LogP contribution in [0.15, 0.2) is 0 Å². The van der Waals surface area contributed by atoms with Crippen LogP contribution < -0.4 is 0 Å². The molecule has 0 bridgehead atoms. The fraction of sp³-hybridized carbons (Fsp3) is 1.00. The quantitative estimate of drug-likeness (QED) is 0.438. The zero-order valence-corrected chi connectivity index (χ0v) is 18.3. The van der Waals surface area contributed by atoms with Gasteiger partial charge in [-0.05, 0) is 0 Å². The summed E-state index contributed by atoms with van der Waals surface area (Å²) in [6, 6.07) is 0. The Morgan fingerprint density at radius 1 is 0.700 bits per heavy atom. The molecule has 0 saturated carbocycles. The minimum atomic E-state index is -1.17. The van der Waals surface area contributed by atoms with E-state index in [1.54, 1.807) is 12.5 Å². The van der Waals surface area contributed by atoms with Gasteiger partial charge in [0.2, 0.25) is 0 Å². The summed E-state index contributed by atoms with van der Waals surface area (Å²) in [4.78, 5) is 5.11. The van der Waals surface area contributed by atoms with Crippen LogP contribution >= 0.6 is 0 Å². The number of hydrogen-bond acceptors (Lipinski definition) is 2. The van der Waals surface area contributed by atoms with Crippen LogP contribution in [0.4, 0.5) is 0 Å². The van der Waals surface area contributed by atoms with Gasteiger partial charge >= 0.3 is 137 Å². The first-order valence-corrected chi connectivity index (χ1v) is 16.1. The summed E-state index contributed by atoms with van der Waals surface area (Å²) in [6.45, 7) is 15.7. The Bertz CT molecular complexity index is 199. The van der Waals surface area contributed by atoms with E-state index in [1.165, 1.54) is 58.4 Å². The van der Waals surface area contributed by atoms with Crippen LogP contribution in [-0.4, -0.2) is 71.0 Å². The van der Waals surface area contributed by atoms with Crippen molar-refractivity contribution in [2.24, 2.45) is 0 Å². The second kappa shape index (κ2) is 14.7. The average Bonchev–Trinajstić information content (AvgIpc) is 2.45. The molecule has 0 aromatic heterocycles. The van der Waals surface area contributed by atoms with Crippen molar-refractivity contribution in [3.63, 3.8) is 0 Å². The maximum atomic E-state index is 2.64. The van der Waals surface area contributed by atoms with E-state index in [0.717, 1.165) is 0 Å². The monoisotopic (exact) mass is 386 g/mol. The third-order valence-electron chi connectivity index (χ3n) is 4.46. The molecule has 3 heteroatoms. The van der Waals surface area contributed by atoms with Gasteiger partial charge in [0.25, 0.3) is 0 Å². The SMILES string of the molecule is CCCN(CC)CC[CH2][In]([CH2]CC)[CH2]CCN(C)CC. The van der Waals surface area contributed by atoms with Gasteiger partial charge in [-0.2, -0.15) is 0 Å². The fourth-order valence-electron chi connectivity index (χ4n) is 3.00. The Kier molecular flexibility index (Phi) is 15.3. The molecule has 0 aliphatic heterocycles. The molecule has 0 aliphatic rings. The first-order valence-electron chi connectivity index (χ1n) is 9.08. The van der Waals surface area contributed by atoms with Crippen LogP contribution in [0.25, 0.3) is 0 Å². The van der Waals surface area contributed by atoms with Crippen molar-refractivity contribution in [1.29, 1.82) is 0 Å². The van der Waals surface area contributed by atoms with Crippen molar-refractivity contribution in [1.82, 2.24) is 9.80 Å². The molecule has 0 unspecified atom stereocenters. The summed E-state index contributed by atoms with van der Waals surface area (Å²) in [6.07, 6.45) is 5.70. The summed E-state index contributed by atoms with van der Waals surface area (Å²) >= 11 is -1.17. The summed E-state index contributed by atoms with van der Waals surface area (Å²) in [5.41, 5.74) is 0. The molecule has 0 atom stereocenters. The zero-order chi connectivity index (χ0) is 15.2. The third kappa shape index (κ3) is 11.4. The summed E-state index contributed by atoms with van der Waals surface area (Å²) in [5, 5.41) is 0. The molecular formula is C17H39InN2. The van der Waals surface area contributed by atoms with Crippen molar-refractivity contribution in [3.8, 4) is 0 Å². The van der Waals surface area contributed by atoms with Crippen molar-refractivity contribution in [3.05, 3.63) is 0 Å². The molecule has 0 saturated heterocycles. The van der Waals surface area contributed by atoms with Gasteiger partial charge in [0.05, 0.1) is 0 Å². The molecule has 0 fully saturated rings. The topological polar surface area (TPSA) is 6.48 Å². The molecule has 0 radical (unpaired) electrons. The van der Waals surface area contributed by atoms with E-state index in [-0.39, 0.29) is 0 Å². The normalized spacial score (nSPS) is 11.6. The third-order valence-corrected chi connectivity index (χ3v) is 15.4. The first kappa shape index (κ1) is 20.8. The number of nitrogens with zero attached hydrogens (tertiary/aromatic N) is 2. The molecule has 0 N–H and O–H groups in total. The molecule has 0 spiro atoms. The van der Waals surface area contributed by atoms with Gasteiger partial charge in [0.1, 0.15) is 0 Å². The zero-order valence-electron chi connectivity index (χ0n) is 15.0. The molecule has 0 aromatic rings. The second-order valence-corrected chi connectivity index (χ2v) is 16.2. The van der Waals surface area contributed by atoms with Crippen LogP contribution in [-0.2, 0) is 0 Å². The van der Waals surface area contributed by atoms with Gasteiger partial charge in [-0.3, -0.25) is 0 Å².